The summed E-state index contributed by atoms with van der Waals surface area (Å²) in [5.74, 6) is 2.58. The molecule has 18 heavy (non-hydrogen) atoms. The average Bonchev–Trinajstić information content (AvgIpc) is 2.70. The molecule has 0 saturated heterocycles. The number of rotatable bonds is 5. The van der Waals surface area contributed by atoms with Crippen LogP contribution in [-0.2, 0) is 6.42 Å². The summed E-state index contributed by atoms with van der Waals surface area (Å²) in [5.41, 5.74) is 7.44. The second-order valence-electron chi connectivity index (χ2n) is 4.98. The van der Waals surface area contributed by atoms with Crippen LogP contribution < -0.4 is 5.73 Å². The third-order valence-corrected chi connectivity index (χ3v) is 3.28. The number of hydrogen-bond acceptors (Lipinski definition) is 4. The van der Waals surface area contributed by atoms with Crippen molar-refractivity contribution in [1.82, 2.24) is 19.6 Å². The molecule has 1 atom stereocenters. The third-order valence-electron chi connectivity index (χ3n) is 3.28. The lowest BCUT2D eigenvalue weighted by Crippen LogP contribution is -2.08. The SMILES string of the molecule is Cc1cc2nnc(CCC(C)CCN)n2c(C)n1. The summed E-state index contributed by atoms with van der Waals surface area (Å²) in [6.07, 6.45) is 3.08. The summed E-state index contributed by atoms with van der Waals surface area (Å²) in [7, 11) is 0. The Balaban J connectivity index is 2.19. The van der Waals surface area contributed by atoms with E-state index in [1.165, 1.54) is 0 Å². The van der Waals surface area contributed by atoms with Gasteiger partial charge in [0.05, 0.1) is 0 Å². The van der Waals surface area contributed by atoms with Crippen molar-refractivity contribution >= 4 is 5.65 Å². The molecule has 0 aromatic carbocycles. The summed E-state index contributed by atoms with van der Waals surface area (Å²) >= 11 is 0. The second kappa shape index (κ2) is 5.44. The Kier molecular flexibility index (Phi) is 3.91. The van der Waals surface area contributed by atoms with Gasteiger partial charge in [0.2, 0.25) is 0 Å². The molecule has 98 valence electrons. The van der Waals surface area contributed by atoms with Crippen molar-refractivity contribution in [3.63, 3.8) is 0 Å². The maximum Gasteiger partial charge on any atom is 0.164 e. The van der Waals surface area contributed by atoms with E-state index in [1.807, 2.05) is 24.3 Å². The van der Waals surface area contributed by atoms with E-state index in [4.69, 9.17) is 5.73 Å². The van der Waals surface area contributed by atoms with Crippen LogP contribution in [0.5, 0.6) is 0 Å². The molecule has 0 saturated carbocycles. The Morgan fingerprint density at radius 2 is 2.06 bits per heavy atom. The number of aromatic nitrogens is 4. The normalized spacial score (nSPS) is 13.1. The molecule has 2 aromatic rings. The molecule has 1 unspecified atom stereocenters. The number of aryl methyl sites for hydroxylation is 3. The van der Waals surface area contributed by atoms with E-state index < -0.39 is 0 Å². The summed E-state index contributed by atoms with van der Waals surface area (Å²) in [4.78, 5) is 4.46. The van der Waals surface area contributed by atoms with Gasteiger partial charge in [-0.3, -0.25) is 4.40 Å². The minimum absolute atomic E-state index is 0.626. The third kappa shape index (κ3) is 2.67. The number of nitrogens with zero attached hydrogens (tertiary/aromatic N) is 4. The van der Waals surface area contributed by atoms with E-state index in [1.54, 1.807) is 0 Å². The summed E-state index contributed by atoms with van der Waals surface area (Å²) in [5, 5.41) is 8.48. The Bertz CT molecular complexity index is 531. The zero-order valence-corrected chi connectivity index (χ0v) is 11.3. The number of nitrogens with two attached hydrogens (primary N) is 1. The zero-order chi connectivity index (χ0) is 13.1. The Labute approximate surface area is 107 Å². The minimum Gasteiger partial charge on any atom is -0.330 e. The van der Waals surface area contributed by atoms with Crippen LogP contribution in [0.25, 0.3) is 5.65 Å². The van der Waals surface area contributed by atoms with Crippen molar-refractivity contribution < 1.29 is 0 Å². The van der Waals surface area contributed by atoms with Gasteiger partial charge in [-0.2, -0.15) is 0 Å². The fraction of sp³-hybridized carbons (Fsp3) is 0.615. The maximum absolute atomic E-state index is 5.57. The van der Waals surface area contributed by atoms with E-state index >= 15 is 0 Å². The van der Waals surface area contributed by atoms with E-state index in [9.17, 15) is 0 Å². The van der Waals surface area contributed by atoms with Gasteiger partial charge in [0, 0.05) is 18.2 Å². The molecule has 2 rings (SSSR count). The van der Waals surface area contributed by atoms with Crippen LogP contribution in [0.1, 0.15) is 37.1 Å². The first-order valence-electron chi connectivity index (χ1n) is 6.50. The fourth-order valence-electron chi connectivity index (χ4n) is 2.27. The van der Waals surface area contributed by atoms with Crippen molar-refractivity contribution in [2.75, 3.05) is 6.54 Å². The van der Waals surface area contributed by atoms with Gasteiger partial charge in [0.25, 0.3) is 0 Å². The van der Waals surface area contributed by atoms with Gasteiger partial charge in [0.1, 0.15) is 11.6 Å². The van der Waals surface area contributed by atoms with E-state index in [0.717, 1.165) is 48.8 Å². The molecule has 0 fully saturated rings. The Morgan fingerprint density at radius 1 is 1.28 bits per heavy atom. The second-order valence-corrected chi connectivity index (χ2v) is 4.98. The Morgan fingerprint density at radius 3 is 2.78 bits per heavy atom. The largest absolute Gasteiger partial charge is 0.330 e. The smallest absolute Gasteiger partial charge is 0.164 e. The van der Waals surface area contributed by atoms with Gasteiger partial charge in [-0.05, 0) is 39.2 Å². The quantitative estimate of drug-likeness (QED) is 0.872. The monoisotopic (exact) mass is 247 g/mol. The van der Waals surface area contributed by atoms with E-state index in [2.05, 4.69) is 22.1 Å². The summed E-state index contributed by atoms with van der Waals surface area (Å²) < 4.78 is 2.04. The highest BCUT2D eigenvalue weighted by atomic mass is 15.3. The highest BCUT2D eigenvalue weighted by Crippen LogP contribution is 2.13. The lowest BCUT2D eigenvalue weighted by Gasteiger charge is -2.09. The molecule has 0 aliphatic rings. The summed E-state index contributed by atoms with van der Waals surface area (Å²) in [6, 6.07) is 1.97. The van der Waals surface area contributed by atoms with Crippen LogP contribution in [0.2, 0.25) is 0 Å². The highest BCUT2D eigenvalue weighted by molar-refractivity contribution is 5.39. The predicted molar refractivity (Wildman–Crippen MR) is 71.4 cm³/mol. The molecule has 2 N–H and O–H groups in total. The molecular weight excluding hydrogens is 226 g/mol. The van der Waals surface area contributed by atoms with Gasteiger partial charge >= 0.3 is 0 Å². The zero-order valence-electron chi connectivity index (χ0n) is 11.3. The molecule has 0 aliphatic carbocycles. The first-order valence-corrected chi connectivity index (χ1v) is 6.50. The lowest BCUT2D eigenvalue weighted by molar-refractivity contribution is 0.492. The Hall–Kier alpha value is -1.49. The van der Waals surface area contributed by atoms with Gasteiger partial charge in [-0.15, -0.1) is 10.2 Å². The predicted octanol–water partition coefficient (Wildman–Crippen LogP) is 1.66. The van der Waals surface area contributed by atoms with Gasteiger partial charge < -0.3 is 5.73 Å². The number of fused-ring (bicyclic) bond motifs is 1. The van der Waals surface area contributed by atoms with Gasteiger partial charge in [0.15, 0.2) is 5.65 Å². The number of hydrogen-bond donors (Lipinski definition) is 1. The van der Waals surface area contributed by atoms with Crippen LogP contribution in [0.4, 0.5) is 0 Å². The minimum atomic E-state index is 0.626. The molecular formula is C13H21N5. The molecule has 0 bridgehead atoms. The van der Waals surface area contributed by atoms with Crippen LogP contribution in [0, 0.1) is 19.8 Å². The lowest BCUT2D eigenvalue weighted by atomic mass is 10.0. The molecule has 0 amide bonds. The van der Waals surface area contributed by atoms with Crippen LogP contribution in [0.3, 0.4) is 0 Å². The van der Waals surface area contributed by atoms with E-state index in [0.29, 0.717) is 5.92 Å². The van der Waals surface area contributed by atoms with Crippen molar-refractivity contribution in [2.45, 2.75) is 40.0 Å². The first kappa shape index (κ1) is 13.0. The van der Waals surface area contributed by atoms with Crippen LogP contribution in [-0.4, -0.2) is 26.1 Å². The summed E-state index contributed by atoms with van der Waals surface area (Å²) in [6.45, 7) is 6.95. The fourth-order valence-corrected chi connectivity index (χ4v) is 2.27. The van der Waals surface area contributed by atoms with Crippen molar-refractivity contribution in [3.8, 4) is 0 Å². The van der Waals surface area contributed by atoms with Gasteiger partial charge in [-0.25, -0.2) is 4.98 Å². The van der Waals surface area contributed by atoms with Crippen molar-refractivity contribution in [2.24, 2.45) is 11.7 Å². The maximum atomic E-state index is 5.57. The van der Waals surface area contributed by atoms with Crippen molar-refractivity contribution in [3.05, 3.63) is 23.4 Å². The topological polar surface area (TPSA) is 69.1 Å². The molecule has 0 radical (unpaired) electrons. The molecule has 0 aliphatic heterocycles. The molecule has 5 nitrogen and oxygen atoms in total. The molecule has 5 heteroatoms. The van der Waals surface area contributed by atoms with Gasteiger partial charge in [-0.1, -0.05) is 6.92 Å². The van der Waals surface area contributed by atoms with Crippen molar-refractivity contribution in [1.29, 1.82) is 0 Å². The first-order chi connectivity index (χ1) is 8.61. The molecule has 0 spiro atoms. The molecule has 2 aromatic heterocycles. The standard InChI is InChI=1S/C13H21N5/c1-9(6-7-14)4-5-12-16-17-13-8-10(2)15-11(3)18(12)13/h8-9H,4-7,14H2,1-3H3. The highest BCUT2D eigenvalue weighted by Gasteiger charge is 2.10. The molecule has 2 heterocycles. The van der Waals surface area contributed by atoms with Crippen LogP contribution >= 0.6 is 0 Å². The average molecular weight is 247 g/mol. The van der Waals surface area contributed by atoms with E-state index in [-0.39, 0.29) is 0 Å². The van der Waals surface area contributed by atoms with Crippen LogP contribution in [0.15, 0.2) is 6.07 Å².